The molecule has 1 N–H and O–H groups in total. The Kier molecular flexibility index (Phi) is 7.98. The van der Waals surface area contributed by atoms with Crippen LogP contribution >= 0.6 is 11.6 Å². The van der Waals surface area contributed by atoms with Crippen molar-refractivity contribution in [3.63, 3.8) is 0 Å². The van der Waals surface area contributed by atoms with E-state index in [0.717, 1.165) is 59.2 Å². The van der Waals surface area contributed by atoms with Gasteiger partial charge in [0.2, 0.25) is 0 Å². The average Bonchev–Trinajstić information content (AvgIpc) is 3.57. The molecule has 42 heavy (non-hydrogen) atoms. The summed E-state index contributed by atoms with van der Waals surface area (Å²) in [5, 5.41) is 5.21. The lowest BCUT2D eigenvalue weighted by atomic mass is 9.85. The molecule has 4 heterocycles. The first-order valence-electron chi connectivity index (χ1n) is 15.0. The quantitative estimate of drug-likeness (QED) is 0.265. The average molecular weight is 590 g/mol. The second kappa shape index (κ2) is 11.7. The number of ether oxygens (including phenoxy) is 1. The Morgan fingerprint density at radius 2 is 1.95 bits per heavy atom. The number of rotatable bonds is 7. The number of H-pyrrole nitrogens is 1. The number of halogens is 1. The molecular weight excluding hydrogens is 550 g/mol. The summed E-state index contributed by atoms with van der Waals surface area (Å²) >= 11 is 6.89. The monoisotopic (exact) mass is 589 g/mol. The second-order valence-corrected chi connectivity index (χ2v) is 13.1. The van der Waals surface area contributed by atoms with Crippen molar-refractivity contribution in [3.8, 4) is 11.1 Å². The molecule has 1 unspecified atom stereocenters. The summed E-state index contributed by atoms with van der Waals surface area (Å²) in [6.45, 7) is 11.8. The van der Waals surface area contributed by atoms with Crippen LogP contribution in [0.3, 0.4) is 0 Å². The van der Waals surface area contributed by atoms with E-state index in [1.807, 2.05) is 50.0 Å². The largest absolute Gasteiger partial charge is 0.444 e. The normalized spacial score (nSPS) is 17.4. The summed E-state index contributed by atoms with van der Waals surface area (Å²) in [6.07, 6.45) is 10.1. The molecule has 2 aliphatic rings. The van der Waals surface area contributed by atoms with E-state index in [4.69, 9.17) is 21.3 Å². The predicted octanol–water partition coefficient (Wildman–Crippen LogP) is 6.48. The molecule has 0 radical (unpaired) electrons. The van der Waals surface area contributed by atoms with Gasteiger partial charge >= 0.3 is 6.09 Å². The minimum atomic E-state index is -0.485. The number of nitrogens with zero attached hydrogens (tertiary/aromatic N) is 6. The van der Waals surface area contributed by atoms with Crippen LogP contribution in [0.15, 0.2) is 42.9 Å². The van der Waals surface area contributed by atoms with Crippen LogP contribution in [0.4, 0.5) is 4.79 Å². The lowest BCUT2D eigenvalue weighted by Gasteiger charge is -2.38. The molecule has 3 aromatic heterocycles. The van der Waals surface area contributed by atoms with Crippen LogP contribution in [0, 0.1) is 5.92 Å². The summed E-state index contributed by atoms with van der Waals surface area (Å²) in [5.41, 5.74) is 5.29. The third-order valence-corrected chi connectivity index (χ3v) is 8.82. The lowest BCUT2D eigenvalue weighted by molar-refractivity contribution is 0.0110. The van der Waals surface area contributed by atoms with E-state index in [0.29, 0.717) is 24.5 Å². The minimum Gasteiger partial charge on any atom is -0.444 e. The SMILES string of the molecule is CC(c1ccnc(Cc2nc3c(Cl)c(-c4cnn(CC5CCC5)c4)ccc3[nH]2)c1)N1CCN(C(=O)OC(C)(C)C)CC1. The zero-order chi connectivity index (χ0) is 29.4. The lowest BCUT2D eigenvalue weighted by Crippen LogP contribution is -2.50. The number of carbonyl (C=O) groups excluding carboxylic acids is 1. The van der Waals surface area contributed by atoms with Gasteiger partial charge < -0.3 is 14.6 Å². The summed E-state index contributed by atoms with van der Waals surface area (Å²) < 4.78 is 7.58. The van der Waals surface area contributed by atoms with Gasteiger partial charge in [0.05, 0.1) is 16.7 Å². The second-order valence-electron chi connectivity index (χ2n) is 12.7. The van der Waals surface area contributed by atoms with Crippen molar-refractivity contribution in [1.29, 1.82) is 0 Å². The maximum atomic E-state index is 12.5. The molecule has 2 fully saturated rings. The fourth-order valence-corrected chi connectivity index (χ4v) is 6.11. The van der Waals surface area contributed by atoms with E-state index in [1.54, 1.807) is 4.90 Å². The van der Waals surface area contributed by atoms with Gasteiger partial charge in [-0.05, 0) is 70.2 Å². The number of aromatic nitrogens is 5. The fourth-order valence-electron chi connectivity index (χ4n) is 5.80. The van der Waals surface area contributed by atoms with E-state index in [1.165, 1.54) is 24.8 Å². The number of hydrogen-bond donors (Lipinski definition) is 1. The maximum Gasteiger partial charge on any atom is 0.410 e. The van der Waals surface area contributed by atoms with Crippen LogP contribution in [-0.4, -0.2) is 72.4 Å². The van der Waals surface area contributed by atoms with Crippen LogP contribution in [0.5, 0.6) is 0 Å². The predicted molar refractivity (Wildman–Crippen MR) is 165 cm³/mol. The first kappa shape index (κ1) is 28.7. The molecule has 1 amide bonds. The van der Waals surface area contributed by atoms with Gasteiger partial charge in [0.25, 0.3) is 0 Å². The molecule has 222 valence electrons. The number of piperazine rings is 1. The number of aromatic amines is 1. The molecule has 1 aliphatic carbocycles. The number of amides is 1. The number of imidazole rings is 1. The number of hydrogen-bond acceptors (Lipinski definition) is 6. The van der Waals surface area contributed by atoms with Crippen LogP contribution < -0.4 is 0 Å². The molecule has 10 heteroatoms. The van der Waals surface area contributed by atoms with Crippen LogP contribution in [-0.2, 0) is 17.7 Å². The Balaban J connectivity index is 1.11. The molecule has 4 aromatic rings. The van der Waals surface area contributed by atoms with Crippen molar-refractivity contribution in [2.45, 2.75) is 71.6 Å². The van der Waals surface area contributed by atoms with E-state index in [-0.39, 0.29) is 12.1 Å². The smallest absolute Gasteiger partial charge is 0.410 e. The van der Waals surface area contributed by atoms with Crippen molar-refractivity contribution in [2.75, 3.05) is 26.2 Å². The molecule has 1 saturated heterocycles. The molecule has 1 saturated carbocycles. The van der Waals surface area contributed by atoms with Gasteiger partial charge in [-0.2, -0.15) is 5.10 Å². The van der Waals surface area contributed by atoms with Crippen molar-refractivity contribution >= 4 is 28.7 Å². The molecule has 0 spiro atoms. The summed E-state index contributed by atoms with van der Waals surface area (Å²) in [5.74, 6) is 1.57. The summed E-state index contributed by atoms with van der Waals surface area (Å²) in [4.78, 5) is 29.6. The Hall–Kier alpha value is -3.43. The first-order chi connectivity index (χ1) is 20.1. The van der Waals surface area contributed by atoms with Gasteiger partial charge in [-0.25, -0.2) is 9.78 Å². The molecule has 1 atom stereocenters. The number of benzene rings is 1. The van der Waals surface area contributed by atoms with Gasteiger partial charge in [0, 0.05) is 74.4 Å². The highest BCUT2D eigenvalue weighted by Gasteiger charge is 2.28. The van der Waals surface area contributed by atoms with Gasteiger partial charge in [-0.1, -0.05) is 24.1 Å². The van der Waals surface area contributed by atoms with Crippen LogP contribution in [0.2, 0.25) is 5.02 Å². The van der Waals surface area contributed by atoms with E-state index in [2.05, 4.69) is 45.2 Å². The summed E-state index contributed by atoms with van der Waals surface area (Å²) in [7, 11) is 0. The zero-order valence-corrected chi connectivity index (χ0v) is 25.7. The highest BCUT2D eigenvalue weighted by atomic mass is 35.5. The van der Waals surface area contributed by atoms with Crippen LogP contribution in [0.25, 0.3) is 22.2 Å². The van der Waals surface area contributed by atoms with Crippen molar-refractivity contribution in [3.05, 3.63) is 65.0 Å². The van der Waals surface area contributed by atoms with Crippen molar-refractivity contribution in [2.24, 2.45) is 5.92 Å². The molecule has 9 nitrogen and oxygen atoms in total. The molecule has 6 rings (SSSR count). The van der Waals surface area contributed by atoms with Crippen molar-refractivity contribution in [1.82, 2.24) is 34.5 Å². The number of carbonyl (C=O) groups is 1. The van der Waals surface area contributed by atoms with E-state index < -0.39 is 5.60 Å². The van der Waals surface area contributed by atoms with Gasteiger partial charge in [-0.15, -0.1) is 0 Å². The van der Waals surface area contributed by atoms with Gasteiger partial charge in [0.15, 0.2) is 0 Å². The van der Waals surface area contributed by atoms with Crippen LogP contribution in [0.1, 0.15) is 70.1 Å². The van der Waals surface area contributed by atoms with Crippen molar-refractivity contribution < 1.29 is 9.53 Å². The Labute approximate surface area is 252 Å². The minimum absolute atomic E-state index is 0.199. The number of pyridine rings is 1. The Bertz CT molecular complexity index is 1560. The third-order valence-electron chi connectivity index (χ3n) is 8.44. The number of nitrogens with one attached hydrogen (secondary N) is 1. The highest BCUT2D eigenvalue weighted by Crippen LogP contribution is 2.34. The standard InChI is InChI=1S/C32H40ClN7O2/c1-21(38-12-14-39(15-13-38)31(41)42-32(2,3)4)23-10-11-34-25(16-23)17-28-36-27-9-8-26(29(33)30(27)37-28)24-18-35-40(20-24)19-22-6-5-7-22/h8-11,16,18,20-22H,5-7,12-15,17,19H2,1-4H3,(H,36,37). The third kappa shape index (κ3) is 6.32. The highest BCUT2D eigenvalue weighted by molar-refractivity contribution is 6.37. The molecule has 0 bridgehead atoms. The molecule has 1 aromatic carbocycles. The zero-order valence-electron chi connectivity index (χ0n) is 24.9. The maximum absolute atomic E-state index is 12.5. The van der Waals surface area contributed by atoms with Gasteiger partial charge in [0.1, 0.15) is 16.9 Å². The summed E-state index contributed by atoms with van der Waals surface area (Å²) in [6, 6.07) is 8.51. The fraction of sp³-hybridized carbons (Fsp3) is 0.500. The van der Waals surface area contributed by atoms with E-state index >= 15 is 0 Å². The molecular formula is C32H40ClN7O2. The topological polar surface area (TPSA) is 92.2 Å². The molecule has 1 aliphatic heterocycles. The first-order valence-corrected chi connectivity index (χ1v) is 15.4. The Morgan fingerprint density at radius 1 is 1.17 bits per heavy atom. The number of fused-ring (bicyclic) bond motifs is 1. The Morgan fingerprint density at radius 3 is 2.67 bits per heavy atom. The van der Waals surface area contributed by atoms with E-state index in [9.17, 15) is 4.79 Å². The van der Waals surface area contributed by atoms with Gasteiger partial charge in [-0.3, -0.25) is 14.6 Å².